The first-order valence-corrected chi connectivity index (χ1v) is 7.90. The molecule has 0 fully saturated rings. The van der Waals surface area contributed by atoms with Crippen molar-refractivity contribution in [2.45, 2.75) is 19.6 Å². The van der Waals surface area contributed by atoms with Crippen LogP contribution in [0.5, 0.6) is 0 Å². The molecule has 0 atom stereocenters. The van der Waals surface area contributed by atoms with Crippen molar-refractivity contribution in [3.05, 3.63) is 10.7 Å². The minimum atomic E-state index is -1.24. The van der Waals surface area contributed by atoms with E-state index in [1.807, 2.05) is 17.9 Å². The molecule has 0 unspecified atom stereocenters. The molecule has 0 saturated carbocycles. The molecular weight excluding hydrogens is 220 g/mol. The number of aromatic nitrogens is 2. The zero-order chi connectivity index (χ0) is 8.65. The predicted molar refractivity (Wildman–Crippen MR) is 53.9 cm³/mol. The van der Waals surface area contributed by atoms with E-state index in [1.165, 1.54) is 5.32 Å². The molecule has 0 aliphatic heterocycles. The van der Waals surface area contributed by atoms with Crippen molar-refractivity contribution >= 4 is 29.3 Å². The summed E-state index contributed by atoms with van der Waals surface area (Å²) in [5, 5.41) is 5.66. The summed E-state index contributed by atoms with van der Waals surface area (Å²) in [6, 6.07) is 0. The van der Waals surface area contributed by atoms with Crippen molar-refractivity contribution in [2.24, 2.45) is 7.05 Å². The number of hydrogen-bond acceptors (Lipinski definition) is 1. The molecule has 0 spiro atoms. The Morgan fingerprint density at radius 1 is 1.45 bits per heavy atom. The van der Waals surface area contributed by atoms with Crippen LogP contribution >= 0.6 is 15.9 Å². The second kappa shape index (κ2) is 2.75. The van der Waals surface area contributed by atoms with Gasteiger partial charge in [0.1, 0.15) is 8.07 Å². The van der Waals surface area contributed by atoms with Gasteiger partial charge in [0.25, 0.3) is 0 Å². The summed E-state index contributed by atoms with van der Waals surface area (Å²) in [6.07, 6.45) is 2.01. The van der Waals surface area contributed by atoms with Crippen molar-refractivity contribution in [3.8, 4) is 0 Å². The molecule has 4 heteroatoms. The van der Waals surface area contributed by atoms with Crippen LogP contribution in [0.25, 0.3) is 0 Å². The van der Waals surface area contributed by atoms with E-state index in [-0.39, 0.29) is 0 Å². The lowest BCUT2D eigenvalue weighted by molar-refractivity contribution is 0.774. The van der Waals surface area contributed by atoms with Gasteiger partial charge in [0, 0.05) is 13.2 Å². The van der Waals surface area contributed by atoms with Gasteiger partial charge in [-0.15, -0.1) is 0 Å². The van der Waals surface area contributed by atoms with E-state index in [4.69, 9.17) is 0 Å². The fraction of sp³-hybridized carbons (Fsp3) is 0.571. The second-order valence-electron chi connectivity index (χ2n) is 3.75. The van der Waals surface area contributed by atoms with Crippen LogP contribution in [-0.4, -0.2) is 17.9 Å². The molecule has 1 rings (SSSR count). The lowest BCUT2D eigenvalue weighted by atomic mass is 10.7. The first-order valence-electron chi connectivity index (χ1n) is 3.61. The van der Waals surface area contributed by atoms with E-state index in [9.17, 15) is 0 Å². The monoisotopic (exact) mass is 232 g/mol. The van der Waals surface area contributed by atoms with Crippen molar-refractivity contribution in [3.63, 3.8) is 0 Å². The lowest BCUT2D eigenvalue weighted by Gasteiger charge is -2.12. The van der Waals surface area contributed by atoms with E-state index < -0.39 is 8.07 Å². The average Bonchev–Trinajstić information content (AvgIpc) is 2.08. The van der Waals surface area contributed by atoms with Crippen LogP contribution in [0, 0.1) is 0 Å². The van der Waals surface area contributed by atoms with Crippen molar-refractivity contribution in [1.29, 1.82) is 0 Å². The van der Waals surface area contributed by atoms with Gasteiger partial charge in [-0.05, 0) is 15.9 Å². The van der Waals surface area contributed by atoms with Gasteiger partial charge in [0.05, 0.1) is 9.79 Å². The third kappa shape index (κ3) is 1.93. The molecular formula is C7H13BrN2Si. The summed E-state index contributed by atoms with van der Waals surface area (Å²) >= 11 is 3.50. The Bertz CT molecular complexity index is 262. The van der Waals surface area contributed by atoms with Gasteiger partial charge in [0.15, 0.2) is 0 Å². The molecule has 0 N–H and O–H groups in total. The highest BCUT2D eigenvalue weighted by Crippen LogP contribution is 2.10. The highest BCUT2D eigenvalue weighted by atomic mass is 79.9. The fourth-order valence-electron chi connectivity index (χ4n) is 0.968. The van der Waals surface area contributed by atoms with Gasteiger partial charge < -0.3 is 0 Å². The van der Waals surface area contributed by atoms with Crippen LogP contribution in [0.15, 0.2) is 10.7 Å². The van der Waals surface area contributed by atoms with Gasteiger partial charge >= 0.3 is 0 Å². The number of nitrogens with zero attached hydrogens (tertiary/aromatic N) is 2. The minimum Gasteiger partial charge on any atom is -0.275 e. The first kappa shape index (κ1) is 9.00. The Balaban J connectivity index is 3.13. The Morgan fingerprint density at radius 3 is 2.18 bits per heavy atom. The van der Waals surface area contributed by atoms with E-state index in [1.54, 1.807) is 0 Å². The Morgan fingerprint density at radius 2 is 2.00 bits per heavy atom. The lowest BCUT2D eigenvalue weighted by Crippen LogP contribution is -2.39. The minimum absolute atomic E-state index is 1.15. The average molecular weight is 233 g/mol. The standard InChI is InChI=1S/C7H13BrN2Si/c1-10-5-6(8)7(9-10)11(2,3)4/h5H,1-4H3. The molecule has 2 nitrogen and oxygen atoms in total. The van der Waals surface area contributed by atoms with Gasteiger partial charge in [-0.1, -0.05) is 19.6 Å². The molecule has 0 aliphatic carbocycles. The van der Waals surface area contributed by atoms with Crippen LogP contribution in [0.2, 0.25) is 19.6 Å². The van der Waals surface area contributed by atoms with Gasteiger partial charge in [-0.2, -0.15) is 5.10 Å². The third-order valence-corrected chi connectivity index (χ3v) is 4.23. The smallest absolute Gasteiger partial charge is 0.105 e. The van der Waals surface area contributed by atoms with Crippen LogP contribution in [0.3, 0.4) is 0 Å². The molecule has 0 saturated heterocycles. The zero-order valence-electron chi connectivity index (χ0n) is 7.35. The SMILES string of the molecule is Cn1cc(Br)c([Si](C)(C)C)n1. The molecule has 0 aromatic carbocycles. The highest BCUT2D eigenvalue weighted by molar-refractivity contribution is 9.10. The maximum atomic E-state index is 4.41. The maximum absolute atomic E-state index is 4.41. The van der Waals surface area contributed by atoms with Gasteiger partial charge in [0.2, 0.25) is 0 Å². The normalized spacial score (nSPS) is 12.1. The van der Waals surface area contributed by atoms with E-state index in [0.717, 1.165) is 4.47 Å². The Hall–Kier alpha value is -0.0931. The summed E-state index contributed by atoms with van der Waals surface area (Å²) in [7, 11) is 0.717. The van der Waals surface area contributed by atoms with Crippen LogP contribution in [-0.2, 0) is 7.05 Å². The van der Waals surface area contributed by atoms with Crippen molar-refractivity contribution in [2.75, 3.05) is 0 Å². The van der Waals surface area contributed by atoms with E-state index in [0.29, 0.717) is 0 Å². The second-order valence-corrected chi connectivity index (χ2v) is 9.58. The maximum Gasteiger partial charge on any atom is 0.105 e. The summed E-state index contributed by atoms with van der Waals surface area (Å²) in [4.78, 5) is 0. The summed E-state index contributed by atoms with van der Waals surface area (Å²) in [5.74, 6) is 0. The van der Waals surface area contributed by atoms with Crippen molar-refractivity contribution < 1.29 is 0 Å². The fourth-order valence-corrected chi connectivity index (χ4v) is 4.37. The van der Waals surface area contributed by atoms with Crippen molar-refractivity contribution in [1.82, 2.24) is 9.78 Å². The summed E-state index contributed by atoms with van der Waals surface area (Å²) in [6.45, 7) is 6.88. The first-order chi connectivity index (χ1) is 4.91. The number of aryl methyl sites for hydroxylation is 1. The van der Waals surface area contributed by atoms with Gasteiger partial charge in [-0.3, -0.25) is 4.68 Å². The molecule has 0 aliphatic rings. The molecule has 1 aromatic heterocycles. The third-order valence-electron chi connectivity index (χ3n) is 1.49. The predicted octanol–water partition coefficient (Wildman–Crippen LogP) is 1.73. The molecule has 11 heavy (non-hydrogen) atoms. The van der Waals surface area contributed by atoms with Crippen LogP contribution < -0.4 is 5.32 Å². The number of rotatable bonds is 1. The largest absolute Gasteiger partial charge is 0.275 e. The van der Waals surface area contributed by atoms with E-state index >= 15 is 0 Å². The Labute approximate surface area is 76.7 Å². The molecule has 0 amide bonds. The van der Waals surface area contributed by atoms with Gasteiger partial charge in [-0.25, -0.2) is 0 Å². The number of hydrogen-bond donors (Lipinski definition) is 0. The van der Waals surface area contributed by atoms with Crippen LogP contribution in [0.1, 0.15) is 0 Å². The molecule has 1 aromatic rings. The van der Waals surface area contributed by atoms with E-state index in [2.05, 4.69) is 40.7 Å². The Kier molecular flexibility index (Phi) is 2.25. The molecule has 1 heterocycles. The molecule has 62 valence electrons. The topological polar surface area (TPSA) is 17.8 Å². The quantitative estimate of drug-likeness (QED) is 0.675. The zero-order valence-corrected chi connectivity index (χ0v) is 9.94. The van der Waals surface area contributed by atoms with Crippen LogP contribution in [0.4, 0.5) is 0 Å². The highest BCUT2D eigenvalue weighted by Gasteiger charge is 2.22. The summed E-state index contributed by atoms with van der Waals surface area (Å²) < 4.78 is 3.01. The number of halogens is 1. The summed E-state index contributed by atoms with van der Waals surface area (Å²) in [5.41, 5.74) is 0. The molecule has 0 bridgehead atoms. The molecule has 0 radical (unpaired) electrons.